The molecular formula is C20H32O2. The number of fused-ring (bicyclic) bond motifs is 1. The molecule has 2 nitrogen and oxygen atoms in total. The highest BCUT2D eigenvalue weighted by Gasteiger charge is 2.52. The molecule has 2 aliphatic rings. The van der Waals surface area contributed by atoms with Gasteiger partial charge < -0.3 is 5.11 Å². The Morgan fingerprint density at radius 1 is 1.36 bits per heavy atom. The van der Waals surface area contributed by atoms with Crippen LogP contribution in [0.2, 0.25) is 0 Å². The summed E-state index contributed by atoms with van der Waals surface area (Å²) in [7, 11) is 0. The number of hydrogen-bond acceptors (Lipinski definition) is 1. The lowest BCUT2D eigenvalue weighted by atomic mass is 9.47. The van der Waals surface area contributed by atoms with Crippen LogP contribution in [0.15, 0.2) is 23.8 Å². The first-order valence-electron chi connectivity index (χ1n) is 8.74. The van der Waals surface area contributed by atoms with Crippen LogP contribution in [0.1, 0.15) is 72.6 Å². The summed E-state index contributed by atoms with van der Waals surface area (Å²) in [5, 5.41) is 8.89. The second kappa shape index (κ2) is 6.22. The van der Waals surface area contributed by atoms with Crippen LogP contribution in [0.25, 0.3) is 0 Å². The van der Waals surface area contributed by atoms with Crippen molar-refractivity contribution in [2.75, 3.05) is 0 Å². The van der Waals surface area contributed by atoms with Crippen molar-refractivity contribution < 1.29 is 9.90 Å². The molecule has 2 rings (SSSR count). The van der Waals surface area contributed by atoms with Crippen molar-refractivity contribution in [2.45, 2.75) is 72.6 Å². The van der Waals surface area contributed by atoms with Crippen LogP contribution in [-0.4, -0.2) is 11.1 Å². The number of hydrogen-bond donors (Lipinski definition) is 1. The van der Waals surface area contributed by atoms with Gasteiger partial charge in [-0.25, -0.2) is 4.79 Å². The molecule has 0 radical (unpaired) electrons. The van der Waals surface area contributed by atoms with E-state index in [0.29, 0.717) is 16.7 Å². The maximum Gasteiger partial charge on any atom is 0.328 e. The molecule has 0 aromatic heterocycles. The van der Waals surface area contributed by atoms with Crippen LogP contribution in [-0.2, 0) is 4.79 Å². The van der Waals surface area contributed by atoms with Crippen molar-refractivity contribution in [1.29, 1.82) is 0 Å². The minimum absolute atomic E-state index is 0.348. The molecule has 0 bridgehead atoms. The van der Waals surface area contributed by atoms with Gasteiger partial charge in [0.25, 0.3) is 0 Å². The SMILES string of the molecule is C=C1CCC2C(C)(C)CCC[C@]2(C)[C@H]1CCC(C)=CC(=O)O. The van der Waals surface area contributed by atoms with E-state index in [2.05, 4.69) is 27.4 Å². The first kappa shape index (κ1) is 17.3. The molecule has 0 saturated heterocycles. The Hall–Kier alpha value is -1.05. The van der Waals surface area contributed by atoms with Crippen LogP contribution >= 0.6 is 0 Å². The molecule has 2 heteroatoms. The van der Waals surface area contributed by atoms with Gasteiger partial charge in [0.2, 0.25) is 0 Å². The van der Waals surface area contributed by atoms with Crippen LogP contribution in [0.3, 0.4) is 0 Å². The lowest BCUT2D eigenvalue weighted by Gasteiger charge is -2.58. The Morgan fingerprint density at radius 2 is 2.05 bits per heavy atom. The van der Waals surface area contributed by atoms with Gasteiger partial charge in [-0.3, -0.25) is 0 Å². The fourth-order valence-electron chi connectivity index (χ4n) is 5.46. The molecule has 1 N–H and O–H groups in total. The number of allylic oxidation sites excluding steroid dienone is 2. The van der Waals surface area contributed by atoms with Crippen LogP contribution in [0, 0.1) is 22.7 Å². The third-order valence-corrected chi connectivity index (χ3v) is 6.52. The average Bonchev–Trinajstić information content (AvgIpc) is 2.35. The summed E-state index contributed by atoms with van der Waals surface area (Å²) in [6.07, 6.45) is 9.66. The highest BCUT2D eigenvalue weighted by molar-refractivity contribution is 5.80. The number of rotatable bonds is 4. The lowest BCUT2D eigenvalue weighted by molar-refractivity contribution is -0.131. The minimum Gasteiger partial charge on any atom is -0.478 e. The van der Waals surface area contributed by atoms with E-state index in [1.54, 1.807) is 0 Å². The van der Waals surface area contributed by atoms with Crippen molar-refractivity contribution >= 4 is 5.97 Å². The van der Waals surface area contributed by atoms with Gasteiger partial charge in [0.05, 0.1) is 0 Å². The summed E-state index contributed by atoms with van der Waals surface area (Å²) in [5.74, 6) is 0.485. The topological polar surface area (TPSA) is 37.3 Å². The molecule has 3 atom stereocenters. The Bertz CT molecular complexity index is 486. The van der Waals surface area contributed by atoms with E-state index in [-0.39, 0.29) is 0 Å². The molecule has 0 amide bonds. The molecule has 0 spiro atoms. The number of carboxylic acid groups (broad SMARTS) is 1. The molecule has 124 valence electrons. The third-order valence-electron chi connectivity index (χ3n) is 6.52. The smallest absolute Gasteiger partial charge is 0.328 e. The van der Waals surface area contributed by atoms with Crippen molar-refractivity contribution in [3.05, 3.63) is 23.8 Å². The Kier molecular flexibility index (Phi) is 4.89. The Labute approximate surface area is 135 Å². The summed E-state index contributed by atoms with van der Waals surface area (Å²) < 4.78 is 0. The van der Waals surface area contributed by atoms with Crippen molar-refractivity contribution in [3.63, 3.8) is 0 Å². The summed E-state index contributed by atoms with van der Waals surface area (Å²) >= 11 is 0. The van der Waals surface area contributed by atoms with Gasteiger partial charge in [0, 0.05) is 6.08 Å². The maximum absolute atomic E-state index is 10.8. The number of carboxylic acids is 1. The Balaban J connectivity index is 2.17. The van der Waals surface area contributed by atoms with Gasteiger partial charge in [0.15, 0.2) is 0 Å². The quantitative estimate of drug-likeness (QED) is 0.542. The minimum atomic E-state index is -0.831. The molecule has 2 saturated carbocycles. The van der Waals surface area contributed by atoms with Gasteiger partial charge in [-0.15, -0.1) is 0 Å². The van der Waals surface area contributed by atoms with E-state index in [0.717, 1.165) is 30.8 Å². The zero-order chi connectivity index (χ0) is 16.5. The van der Waals surface area contributed by atoms with Crippen molar-refractivity contribution in [1.82, 2.24) is 0 Å². The lowest BCUT2D eigenvalue weighted by Crippen LogP contribution is -2.49. The molecule has 0 aliphatic heterocycles. The highest BCUT2D eigenvalue weighted by Crippen LogP contribution is 2.61. The van der Waals surface area contributed by atoms with Crippen LogP contribution in [0.5, 0.6) is 0 Å². The molecule has 22 heavy (non-hydrogen) atoms. The van der Waals surface area contributed by atoms with E-state index in [9.17, 15) is 4.79 Å². The molecular weight excluding hydrogens is 272 g/mol. The predicted molar refractivity (Wildman–Crippen MR) is 91.7 cm³/mol. The maximum atomic E-state index is 10.8. The third kappa shape index (κ3) is 3.31. The summed E-state index contributed by atoms with van der Waals surface area (Å²) in [4.78, 5) is 10.8. The second-order valence-electron chi connectivity index (χ2n) is 8.52. The fraction of sp³-hybridized carbons (Fsp3) is 0.750. The van der Waals surface area contributed by atoms with Gasteiger partial charge in [0.1, 0.15) is 0 Å². The number of carbonyl (C=O) groups is 1. The van der Waals surface area contributed by atoms with Crippen molar-refractivity contribution in [3.8, 4) is 0 Å². The second-order valence-corrected chi connectivity index (χ2v) is 8.52. The fourth-order valence-corrected chi connectivity index (χ4v) is 5.46. The van der Waals surface area contributed by atoms with E-state index >= 15 is 0 Å². The monoisotopic (exact) mass is 304 g/mol. The largest absolute Gasteiger partial charge is 0.478 e. The standard InChI is InChI=1S/C20H32O2/c1-14(13-18(21)22)7-9-16-15(2)8-10-17-19(3,4)11-6-12-20(16,17)5/h13,16-17H,2,6-12H2,1,3-5H3,(H,21,22)/t16-,17?,20+/m0/s1. The van der Waals surface area contributed by atoms with E-state index < -0.39 is 5.97 Å². The average molecular weight is 304 g/mol. The summed E-state index contributed by atoms with van der Waals surface area (Å²) in [6, 6.07) is 0. The first-order chi connectivity index (χ1) is 10.2. The highest BCUT2D eigenvalue weighted by atomic mass is 16.4. The zero-order valence-corrected chi connectivity index (χ0v) is 14.7. The molecule has 2 aliphatic carbocycles. The van der Waals surface area contributed by atoms with Gasteiger partial charge in [-0.1, -0.05) is 44.9 Å². The van der Waals surface area contributed by atoms with Crippen LogP contribution < -0.4 is 0 Å². The van der Waals surface area contributed by atoms with E-state index in [1.165, 1.54) is 37.3 Å². The van der Waals surface area contributed by atoms with E-state index in [1.807, 2.05) is 6.92 Å². The molecule has 0 aromatic rings. The summed E-state index contributed by atoms with van der Waals surface area (Å²) in [6.45, 7) is 13.7. The summed E-state index contributed by atoms with van der Waals surface area (Å²) in [5.41, 5.74) is 3.15. The normalized spacial score (nSPS) is 35.1. The predicted octanol–water partition coefficient (Wildman–Crippen LogP) is 5.60. The first-order valence-corrected chi connectivity index (χ1v) is 8.74. The van der Waals surface area contributed by atoms with Crippen LogP contribution in [0.4, 0.5) is 0 Å². The van der Waals surface area contributed by atoms with E-state index in [4.69, 9.17) is 5.11 Å². The zero-order valence-electron chi connectivity index (χ0n) is 14.7. The Morgan fingerprint density at radius 3 is 2.68 bits per heavy atom. The molecule has 0 heterocycles. The van der Waals surface area contributed by atoms with Gasteiger partial charge >= 0.3 is 5.97 Å². The number of aliphatic carboxylic acids is 1. The van der Waals surface area contributed by atoms with Crippen molar-refractivity contribution in [2.24, 2.45) is 22.7 Å². The van der Waals surface area contributed by atoms with Gasteiger partial charge in [-0.2, -0.15) is 0 Å². The molecule has 2 fully saturated rings. The molecule has 0 aromatic carbocycles. The van der Waals surface area contributed by atoms with Gasteiger partial charge in [-0.05, 0) is 68.1 Å². The molecule has 1 unspecified atom stereocenters.